The number of hydrogen-bond acceptors (Lipinski definition) is 7. The molecule has 3 N–H and O–H groups in total. The third-order valence-corrected chi connectivity index (χ3v) is 6.02. The molecule has 2 aliphatic heterocycles. The smallest absolute Gasteiger partial charge is 0.407 e. The molecule has 10 nitrogen and oxygen atoms in total. The van der Waals surface area contributed by atoms with Crippen molar-refractivity contribution in [1.29, 1.82) is 0 Å². The molecule has 0 bridgehead atoms. The van der Waals surface area contributed by atoms with E-state index in [0.717, 1.165) is 23.4 Å². The Labute approximate surface area is 180 Å². The van der Waals surface area contributed by atoms with Crippen molar-refractivity contribution in [3.63, 3.8) is 0 Å². The van der Waals surface area contributed by atoms with Gasteiger partial charge < -0.3 is 25.1 Å². The lowest BCUT2D eigenvalue weighted by Crippen LogP contribution is -2.53. The van der Waals surface area contributed by atoms with Crippen molar-refractivity contribution in [2.75, 3.05) is 31.5 Å². The molecule has 0 saturated carbocycles. The van der Waals surface area contributed by atoms with Crippen LogP contribution in [0.5, 0.6) is 0 Å². The molecule has 1 aromatic heterocycles. The van der Waals surface area contributed by atoms with Gasteiger partial charge in [-0.05, 0) is 43.5 Å². The number of anilines is 2. The summed E-state index contributed by atoms with van der Waals surface area (Å²) in [7, 11) is 0. The Hall–Kier alpha value is -3.14. The van der Waals surface area contributed by atoms with Crippen molar-refractivity contribution in [2.24, 2.45) is 0 Å². The number of carboxylic acid groups (broad SMARTS) is 1. The fourth-order valence-corrected chi connectivity index (χ4v) is 4.27. The van der Waals surface area contributed by atoms with Crippen molar-refractivity contribution >= 4 is 23.7 Å². The van der Waals surface area contributed by atoms with E-state index in [0.29, 0.717) is 44.5 Å². The number of rotatable bonds is 5. The zero-order valence-corrected chi connectivity index (χ0v) is 18.0. The van der Waals surface area contributed by atoms with E-state index >= 15 is 0 Å². The quantitative estimate of drug-likeness (QED) is 0.662. The zero-order chi connectivity index (χ0) is 22.1. The summed E-state index contributed by atoms with van der Waals surface area (Å²) in [6.45, 7) is 9.19. The highest BCUT2D eigenvalue weighted by atomic mass is 16.4. The maximum absolute atomic E-state index is 11.4. The standard InChI is InChI=1S/C21H28N6O4/c1-12-6-16(11-26-4-5-27(21(29)30)13(2)10-26)14(3)17(7-12)23-20-25-24-19(31-20)15-8-18(28)22-9-15/h6-7,13,15H,4-5,8-11H2,1-3H3,(H,22,28)(H,23,25)(H,29,30)/t13-,15?/m0/s1. The van der Waals surface area contributed by atoms with Crippen molar-refractivity contribution in [1.82, 2.24) is 25.3 Å². The number of hydrogen-bond donors (Lipinski definition) is 3. The molecule has 1 unspecified atom stereocenters. The van der Waals surface area contributed by atoms with Gasteiger partial charge in [0.2, 0.25) is 11.8 Å². The summed E-state index contributed by atoms with van der Waals surface area (Å²) < 4.78 is 5.76. The van der Waals surface area contributed by atoms with Crippen molar-refractivity contribution in [3.05, 3.63) is 34.7 Å². The molecule has 2 atom stereocenters. The molecule has 2 saturated heterocycles. The van der Waals surface area contributed by atoms with Crippen LogP contribution in [0.15, 0.2) is 16.5 Å². The number of aromatic nitrogens is 2. The van der Waals surface area contributed by atoms with Crippen LogP contribution in [0.25, 0.3) is 0 Å². The predicted octanol–water partition coefficient (Wildman–Crippen LogP) is 2.22. The number of piperazine rings is 1. The molecule has 0 spiro atoms. The normalized spacial score (nSPS) is 21.9. The van der Waals surface area contributed by atoms with Gasteiger partial charge in [0.25, 0.3) is 0 Å². The molecule has 10 heteroatoms. The summed E-state index contributed by atoms with van der Waals surface area (Å²) in [4.78, 5) is 26.5. The summed E-state index contributed by atoms with van der Waals surface area (Å²) in [5, 5.41) is 23.5. The molecule has 2 amide bonds. The lowest BCUT2D eigenvalue weighted by molar-refractivity contribution is -0.119. The van der Waals surface area contributed by atoms with E-state index in [1.165, 1.54) is 10.5 Å². The lowest BCUT2D eigenvalue weighted by Gasteiger charge is -2.38. The van der Waals surface area contributed by atoms with Crippen LogP contribution in [0.4, 0.5) is 16.5 Å². The molecule has 166 valence electrons. The Morgan fingerprint density at radius 1 is 1.32 bits per heavy atom. The van der Waals surface area contributed by atoms with Gasteiger partial charge in [0.05, 0.1) is 5.92 Å². The van der Waals surface area contributed by atoms with Gasteiger partial charge >= 0.3 is 12.1 Å². The highest BCUT2D eigenvalue weighted by Gasteiger charge is 2.29. The first-order valence-electron chi connectivity index (χ1n) is 10.5. The first kappa shape index (κ1) is 21.1. The van der Waals surface area contributed by atoms with Crippen LogP contribution in [0, 0.1) is 13.8 Å². The van der Waals surface area contributed by atoms with E-state index in [1.54, 1.807) is 0 Å². The lowest BCUT2D eigenvalue weighted by atomic mass is 10.0. The van der Waals surface area contributed by atoms with Gasteiger partial charge in [0.15, 0.2) is 0 Å². The largest absolute Gasteiger partial charge is 0.465 e. The Morgan fingerprint density at radius 3 is 2.81 bits per heavy atom. The zero-order valence-electron chi connectivity index (χ0n) is 18.0. The van der Waals surface area contributed by atoms with Gasteiger partial charge in [-0.2, -0.15) is 0 Å². The van der Waals surface area contributed by atoms with Crippen molar-refractivity contribution < 1.29 is 19.1 Å². The SMILES string of the molecule is Cc1cc(CN2CCN(C(=O)O)[C@@H](C)C2)c(C)c(Nc2nnc(C3CNC(=O)C3)o2)c1. The van der Waals surface area contributed by atoms with Gasteiger partial charge in [-0.1, -0.05) is 11.2 Å². The fourth-order valence-electron chi connectivity index (χ4n) is 4.27. The van der Waals surface area contributed by atoms with Crippen LogP contribution in [0.1, 0.15) is 41.8 Å². The molecule has 4 rings (SSSR count). The summed E-state index contributed by atoms with van der Waals surface area (Å²) in [5.41, 5.74) is 4.24. The molecule has 2 fully saturated rings. The molecule has 31 heavy (non-hydrogen) atoms. The molecular formula is C21H28N6O4. The first-order chi connectivity index (χ1) is 14.8. The van der Waals surface area contributed by atoms with Crippen molar-refractivity contribution in [2.45, 2.75) is 45.7 Å². The summed E-state index contributed by atoms with van der Waals surface area (Å²) in [5.74, 6) is 0.364. The van der Waals surface area contributed by atoms with Crippen LogP contribution in [0.2, 0.25) is 0 Å². The summed E-state index contributed by atoms with van der Waals surface area (Å²) in [6.07, 6.45) is -0.495. The number of carbonyl (C=O) groups excluding carboxylic acids is 1. The molecule has 3 heterocycles. The number of benzene rings is 1. The van der Waals surface area contributed by atoms with Crippen LogP contribution >= 0.6 is 0 Å². The highest BCUT2D eigenvalue weighted by Crippen LogP contribution is 2.28. The molecule has 2 aliphatic rings. The number of nitrogens with one attached hydrogen (secondary N) is 2. The van der Waals surface area contributed by atoms with E-state index in [2.05, 4.69) is 31.8 Å². The molecule has 0 aliphatic carbocycles. The monoisotopic (exact) mass is 428 g/mol. The third-order valence-electron chi connectivity index (χ3n) is 6.02. The van der Waals surface area contributed by atoms with E-state index in [4.69, 9.17) is 4.42 Å². The van der Waals surface area contributed by atoms with Crippen LogP contribution in [-0.4, -0.2) is 69.3 Å². The number of carbonyl (C=O) groups is 2. The second-order valence-electron chi connectivity index (χ2n) is 8.43. The minimum absolute atomic E-state index is 0.00427. The Morgan fingerprint density at radius 2 is 2.13 bits per heavy atom. The maximum Gasteiger partial charge on any atom is 0.407 e. The average molecular weight is 428 g/mol. The first-order valence-corrected chi connectivity index (χ1v) is 10.5. The van der Waals surface area contributed by atoms with Gasteiger partial charge in [0.1, 0.15) is 0 Å². The Bertz CT molecular complexity index is 990. The van der Waals surface area contributed by atoms with E-state index in [1.807, 2.05) is 26.8 Å². The second-order valence-corrected chi connectivity index (χ2v) is 8.43. The summed E-state index contributed by atoms with van der Waals surface area (Å²) >= 11 is 0. The number of aryl methyl sites for hydroxylation is 1. The summed E-state index contributed by atoms with van der Waals surface area (Å²) in [6, 6.07) is 4.46. The Kier molecular flexibility index (Phi) is 5.81. The van der Waals surface area contributed by atoms with Gasteiger partial charge in [0, 0.05) is 50.9 Å². The van der Waals surface area contributed by atoms with Crippen LogP contribution < -0.4 is 10.6 Å². The topological polar surface area (TPSA) is 124 Å². The van der Waals surface area contributed by atoms with E-state index in [9.17, 15) is 14.7 Å². The molecule has 1 aromatic carbocycles. The molecular weight excluding hydrogens is 400 g/mol. The van der Waals surface area contributed by atoms with Gasteiger partial charge in [-0.15, -0.1) is 5.10 Å². The van der Waals surface area contributed by atoms with Crippen LogP contribution in [0.3, 0.4) is 0 Å². The average Bonchev–Trinajstić information content (AvgIpc) is 3.34. The highest BCUT2D eigenvalue weighted by molar-refractivity contribution is 5.79. The van der Waals surface area contributed by atoms with Crippen LogP contribution in [-0.2, 0) is 11.3 Å². The minimum Gasteiger partial charge on any atom is -0.465 e. The fraction of sp³-hybridized carbons (Fsp3) is 0.524. The van der Waals surface area contributed by atoms with Gasteiger partial charge in [-0.3, -0.25) is 9.69 Å². The number of amides is 2. The van der Waals surface area contributed by atoms with Gasteiger partial charge in [-0.25, -0.2) is 4.79 Å². The second kappa shape index (κ2) is 8.54. The Balaban J connectivity index is 1.46. The number of nitrogens with zero attached hydrogens (tertiary/aromatic N) is 4. The van der Waals surface area contributed by atoms with E-state index < -0.39 is 6.09 Å². The maximum atomic E-state index is 11.4. The van der Waals surface area contributed by atoms with Crippen molar-refractivity contribution in [3.8, 4) is 0 Å². The predicted molar refractivity (Wildman–Crippen MR) is 113 cm³/mol. The minimum atomic E-state index is -0.859. The molecule has 0 radical (unpaired) electrons. The van der Waals surface area contributed by atoms with E-state index in [-0.39, 0.29) is 17.9 Å². The molecule has 2 aromatic rings. The third kappa shape index (κ3) is 4.63.